The molecular weight excluding hydrogens is 353 g/mol. The van der Waals surface area contributed by atoms with Gasteiger partial charge in [0.2, 0.25) is 5.91 Å². The molecule has 1 aromatic rings. The molecule has 0 radical (unpaired) electrons. The number of carbonyl (C=O) groups excluding carboxylic acids is 1. The molecule has 2 rings (SSSR count). The Labute approximate surface area is 137 Å². The molecule has 3 atom stereocenters. The molecule has 4 nitrogen and oxygen atoms in total. The van der Waals surface area contributed by atoms with Crippen LogP contribution in [0, 0.1) is 17.7 Å². The smallest absolute Gasteiger partial charge is 0.308 e. The maximum Gasteiger partial charge on any atom is 0.308 e. The third kappa shape index (κ3) is 4.06. The molecule has 120 valence electrons. The molecule has 0 aromatic heterocycles. The van der Waals surface area contributed by atoms with Gasteiger partial charge in [-0.25, -0.2) is 4.39 Å². The standard InChI is InChI=1S/C16H19BrFNO3/c1-9(7-10-5-6-13(18)12(17)8-10)15(20)19-14-4-2-3-11(14)16(21)22/h5-6,8-9,11,14H,2-4,7H2,1H3,(H,19,20)(H,21,22)/t9?,11-,14+/m0/s1. The highest BCUT2D eigenvalue weighted by Crippen LogP contribution is 2.26. The Morgan fingerprint density at radius 2 is 2.18 bits per heavy atom. The zero-order valence-electron chi connectivity index (χ0n) is 12.3. The van der Waals surface area contributed by atoms with Gasteiger partial charge in [-0.15, -0.1) is 0 Å². The molecule has 0 bridgehead atoms. The van der Waals surface area contributed by atoms with Crippen molar-refractivity contribution in [3.8, 4) is 0 Å². The summed E-state index contributed by atoms with van der Waals surface area (Å²) in [7, 11) is 0. The van der Waals surface area contributed by atoms with E-state index in [-0.39, 0.29) is 23.7 Å². The van der Waals surface area contributed by atoms with Crippen molar-refractivity contribution in [2.45, 2.75) is 38.6 Å². The number of hydrogen-bond acceptors (Lipinski definition) is 2. The number of carbonyl (C=O) groups is 2. The first-order valence-corrected chi connectivity index (χ1v) is 8.15. The number of aliphatic carboxylic acids is 1. The second-order valence-corrected chi connectivity index (χ2v) is 6.70. The van der Waals surface area contributed by atoms with Crippen molar-refractivity contribution in [1.82, 2.24) is 5.32 Å². The lowest BCUT2D eigenvalue weighted by Gasteiger charge is -2.20. The summed E-state index contributed by atoms with van der Waals surface area (Å²) in [6.07, 6.45) is 2.62. The molecule has 0 aliphatic heterocycles. The number of halogens is 2. The Kier molecular flexibility index (Phi) is 5.56. The van der Waals surface area contributed by atoms with Gasteiger partial charge in [0.1, 0.15) is 5.82 Å². The van der Waals surface area contributed by atoms with Crippen LogP contribution >= 0.6 is 15.9 Å². The molecule has 2 N–H and O–H groups in total. The van der Waals surface area contributed by atoms with Crippen molar-refractivity contribution >= 4 is 27.8 Å². The Bertz CT molecular complexity index is 579. The van der Waals surface area contributed by atoms with Crippen molar-refractivity contribution < 1.29 is 19.1 Å². The Hall–Kier alpha value is -1.43. The molecule has 1 amide bonds. The van der Waals surface area contributed by atoms with E-state index < -0.39 is 11.9 Å². The van der Waals surface area contributed by atoms with Gasteiger partial charge in [-0.05, 0) is 52.9 Å². The van der Waals surface area contributed by atoms with Crippen LogP contribution in [0.2, 0.25) is 0 Å². The van der Waals surface area contributed by atoms with E-state index >= 15 is 0 Å². The summed E-state index contributed by atoms with van der Waals surface area (Å²) in [5, 5.41) is 12.0. The Balaban J connectivity index is 1.94. The van der Waals surface area contributed by atoms with Crippen LogP contribution in [0.3, 0.4) is 0 Å². The van der Waals surface area contributed by atoms with Gasteiger partial charge in [-0.3, -0.25) is 9.59 Å². The van der Waals surface area contributed by atoms with E-state index in [1.807, 2.05) is 0 Å². The second-order valence-electron chi connectivity index (χ2n) is 5.84. The number of hydrogen-bond donors (Lipinski definition) is 2. The van der Waals surface area contributed by atoms with Gasteiger partial charge in [-0.2, -0.15) is 0 Å². The highest BCUT2D eigenvalue weighted by Gasteiger charge is 2.34. The van der Waals surface area contributed by atoms with Crippen LogP contribution in [0.25, 0.3) is 0 Å². The second kappa shape index (κ2) is 7.22. The van der Waals surface area contributed by atoms with Crippen LogP contribution < -0.4 is 5.32 Å². The first-order chi connectivity index (χ1) is 10.4. The number of benzene rings is 1. The molecular formula is C16H19BrFNO3. The molecule has 6 heteroatoms. The number of nitrogens with one attached hydrogen (secondary N) is 1. The fourth-order valence-electron chi connectivity index (χ4n) is 2.87. The average molecular weight is 372 g/mol. The van der Waals surface area contributed by atoms with Gasteiger partial charge in [0.25, 0.3) is 0 Å². The topological polar surface area (TPSA) is 66.4 Å². The first-order valence-electron chi connectivity index (χ1n) is 7.35. The molecule has 1 aliphatic carbocycles. The predicted octanol–water partition coefficient (Wildman–Crippen LogP) is 3.14. The van der Waals surface area contributed by atoms with Crippen LogP contribution in [0.4, 0.5) is 4.39 Å². The first kappa shape index (κ1) is 16.9. The summed E-state index contributed by atoms with van der Waals surface area (Å²) >= 11 is 3.13. The minimum atomic E-state index is -0.849. The maximum atomic E-state index is 13.2. The molecule has 1 fully saturated rings. The van der Waals surface area contributed by atoms with E-state index in [0.29, 0.717) is 23.7 Å². The summed E-state index contributed by atoms with van der Waals surface area (Å²) in [4.78, 5) is 23.4. The molecule has 1 aliphatic rings. The predicted molar refractivity (Wildman–Crippen MR) is 83.9 cm³/mol. The van der Waals surface area contributed by atoms with Crippen molar-refractivity contribution in [3.63, 3.8) is 0 Å². The van der Waals surface area contributed by atoms with Gasteiger partial charge in [0, 0.05) is 12.0 Å². The molecule has 1 saturated carbocycles. The minimum Gasteiger partial charge on any atom is -0.481 e. The third-order valence-corrected chi connectivity index (χ3v) is 4.74. The van der Waals surface area contributed by atoms with Crippen molar-refractivity contribution in [2.24, 2.45) is 11.8 Å². The molecule has 22 heavy (non-hydrogen) atoms. The lowest BCUT2D eigenvalue weighted by Crippen LogP contribution is -2.42. The van der Waals surface area contributed by atoms with E-state index in [9.17, 15) is 14.0 Å². The van der Waals surface area contributed by atoms with Crippen LogP contribution in [-0.2, 0) is 16.0 Å². The number of rotatable bonds is 5. The minimum absolute atomic E-state index is 0.154. The molecule has 0 saturated heterocycles. The van der Waals surface area contributed by atoms with E-state index in [1.165, 1.54) is 6.07 Å². The van der Waals surface area contributed by atoms with E-state index in [1.54, 1.807) is 19.1 Å². The number of carboxylic acid groups (broad SMARTS) is 1. The highest BCUT2D eigenvalue weighted by molar-refractivity contribution is 9.10. The summed E-state index contributed by atoms with van der Waals surface area (Å²) in [6.45, 7) is 1.79. The van der Waals surface area contributed by atoms with Crippen LogP contribution in [0.1, 0.15) is 31.7 Å². The van der Waals surface area contributed by atoms with Crippen LogP contribution in [0.5, 0.6) is 0 Å². The largest absolute Gasteiger partial charge is 0.481 e. The van der Waals surface area contributed by atoms with E-state index in [4.69, 9.17) is 5.11 Å². The number of amides is 1. The quantitative estimate of drug-likeness (QED) is 0.835. The fourth-order valence-corrected chi connectivity index (χ4v) is 3.29. The SMILES string of the molecule is CC(Cc1ccc(F)c(Br)c1)C(=O)N[C@@H]1CCC[C@@H]1C(=O)O. The van der Waals surface area contributed by atoms with Gasteiger partial charge in [-0.1, -0.05) is 19.4 Å². The highest BCUT2D eigenvalue weighted by atomic mass is 79.9. The van der Waals surface area contributed by atoms with E-state index in [2.05, 4.69) is 21.2 Å². The van der Waals surface area contributed by atoms with Crippen LogP contribution in [-0.4, -0.2) is 23.0 Å². The van der Waals surface area contributed by atoms with Gasteiger partial charge < -0.3 is 10.4 Å². The molecule has 0 spiro atoms. The Morgan fingerprint density at radius 3 is 2.82 bits per heavy atom. The van der Waals surface area contributed by atoms with Gasteiger partial charge >= 0.3 is 5.97 Å². The zero-order chi connectivity index (χ0) is 16.3. The average Bonchev–Trinajstić information content (AvgIpc) is 2.91. The monoisotopic (exact) mass is 371 g/mol. The summed E-state index contributed by atoms with van der Waals surface area (Å²) in [5.74, 6) is -2.13. The maximum absolute atomic E-state index is 13.2. The molecule has 1 aromatic carbocycles. The molecule has 1 unspecified atom stereocenters. The van der Waals surface area contributed by atoms with Crippen molar-refractivity contribution in [1.29, 1.82) is 0 Å². The summed E-state index contributed by atoms with van der Waals surface area (Å²) in [6, 6.07) is 4.39. The lowest BCUT2D eigenvalue weighted by atomic mass is 9.98. The van der Waals surface area contributed by atoms with Crippen LogP contribution in [0.15, 0.2) is 22.7 Å². The van der Waals surface area contributed by atoms with Gasteiger partial charge in [0.05, 0.1) is 10.4 Å². The lowest BCUT2D eigenvalue weighted by molar-refractivity contribution is -0.142. The number of carboxylic acids is 1. The summed E-state index contributed by atoms with van der Waals surface area (Å²) < 4.78 is 13.6. The van der Waals surface area contributed by atoms with Crippen molar-refractivity contribution in [2.75, 3.05) is 0 Å². The van der Waals surface area contributed by atoms with E-state index in [0.717, 1.165) is 12.0 Å². The normalized spacial score (nSPS) is 22.3. The zero-order valence-corrected chi connectivity index (χ0v) is 13.9. The fraction of sp³-hybridized carbons (Fsp3) is 0.500. The third-order valence-electron chi connectivity index (χ3n) is 4.13. The molecule has 0 heterocycles. The van der Waals surface area contributed by atoms with Crippen molar-refractivity contribution in [3.05, 3.63) is 34.1 Å². The summed E-state index contributed by atoms with van der Waals surface area (Å²) in [5.41, 5.74) is 0.858. The van der Waals surface area contributed by atoms with Gasteiger partial charge in [0.15, 0.2) is 0 Å². The Morgan fingerprint density at radius 1 is 1.45 bits per heavy atom.